The van der Waals surface area contributed by atoms with Crippen LogP contribution in [0.5, 0.6) is 0 Å². The van der Waals surface area contributed by atoms with Crippen molar-refractivity contribution in [2.45, 2.75) is 6.92 Å². The minimum Gasteiger partial charge on any atom is -0.360 e. The molecular formula is C15H11ClFN5O2. The van der Waals surface area contributed by atoms with Crippen LogP contribution < -0.4 is 10.6 Å². The molecule has 122 valence electrons. The van der Waals surface area contributed by atoms with Gasteiger partial charge in [0.1, 0.15) is 11.6 Å². The van der Waals surface area contributed by atoms with Crippen LogP contribution in [0.15, 0.2) is 41.2 Å². The van der Waals surface area contributed by atoms with Gasteiger partial charge in [-0.1, -0.05) is 16.8 Å². The van der Waals surface area contributed by atoms with Gasteiger partial charge < -0.3 is 15.2 Å². The lowest BCUT2D eigenvalue weighted by Crippen LogP contribution is -2.13. The summed E-state index contributed by atoms with van der Waals surface area (Å²) in [6.07, 6.45) is 2.70. The molecule has 2 aromatic heterocycles. The van der Waals surface area contributed by atoms with Crippen LogP contribution >= 0.6 is 11.6 Å². The Morgan fingerprint density at radius 3 is 2.62 bits per heavy atom. The number of hydrogen-bond acceptors (Lipinski definition) is 6. The average Bonchev–Trinajstić information content (AvgIpc) is 2.96. The Morgan fingerprint density at radius 2 is 2.00 bits per heavy atom. The van der Waals surface area contributed by atoms with Gasteiger partial charge in [-0.25, -0.2) is 14.4 Å². The summed E-state index contributed by atoms with van der Waals surface area (Å²) in [7, 11) is 0. The molecule has 0 aliphatic rings. The second kappa shape index (κ2) is 6.63. The van der Waals surface area contributed by atoms with Crippen molar-refractivity contribution in [2.75, 3.05) is 10.6 Å². The highest BCUT2D eigenvalue weighted by molar-refractivity contribution is 6.31. The molecular weight excluding hydrogens is 337 g/mol. The molecule has 0 bridgehead atoms. The molecule has 0 spiro atoms. The van der Waals surface area contributed by atoms with E-state index < -0.39 is 11.7 Å². The molecule has 0 atom stereocenters. The highest BCUT2D eigenvalue weighted by Crippen LogP contribution is 2.21. The number of anilines is 3. The van der Waals surface area contributed by atoms with E-state index in [1.54, 1.807) is 13.0 Å². The van der Waals surface area contributed by atoms with E-state index in [1.807, 2.05) is 0 Å². The molecule has 1 aromatic carbocycles. The van der Waals surface area contributed by atoms with E-state index in [0.717, 1.165) is 0 Å². The summed E-state index contributed by atoms with van der Waals surface area (Å²) in [5.41, 5.74) is 0.773. The number of amides is 1. The number of benzene rings is 1. The highest BCUT2D eigenvalue weighted by Gasteiger charge is 2.10. The Balaban J connectivity index is 1.68. The number of nitrogens with one attached hydrogen (secondary N) is 2. The Hall–Kier alpha value is -3.00. The molecule has 24 heavy (non-hydrogen) atoms. The topological polar surface area (TPSA) is 92.9 Å². The summed E-state index contributed by atoms with van der Waals surface area (Å²) in [5, 5.41) is 9.07. The van der Waals surface area contributed by atoms with Gasteiger partial charge in [0.15, 0.2) is 5.82 Å². The first-order valence-electron chi connectivity index (χ1n) is 6.80. The lowest BCUT2D eigenvalue weighted by atomic mass is 10.3. The van der Waals surface area contributed by atoms with Crippen molar-refractivity contribution in [2.24, 2.45) is 0 Å². The van der Waals surface area contributed by atoms with Crippen LogP contribution in [0.25, 0.3) is 0 Å². The van der Waals surface area contributed by atoms with E-state index in [0.29, 0.717) is 17.3 Å². The SMILES string of the molecule is Cc1cc(NC(=O)c2cnc(Nc3ccc(F)c(Cl)c3)nc2)no1. The standard InChI is InChI=1S/C15H11ClFN5O2/c1-8-4-13(22-24-8)21-14(23)9-6-18-15(19-7-9)20-10-2-3-12(17)11(16)5-10/h2-7H,1H3,(H,18,19,20)(H,21,22,23). The van der Waals surface area contributed by atoms with Gasteiger partial charge in [-0.2, -0.15) is 0 Å². The molecule has 0 aliphatic carbocycles. The van der Waals surface area contributed by atoms with Gasteiger partial charge in [-0.3, -0.25) is 4.79 Å². The molecule has 0 fully saturated rings. The predicted molar refractivity (Wildman–Crippen MR) is 85.9 cm³/mol. The number of hydrogen-bond donors (Lipinski definition) is 2. The molecule has 2 heterocycles. The highest BCUT2D eigenvalue weighted by atomic mass is 35.5. The zero-order valence-electron chi connectivity index (χ0n) is 12.4. The van der Waals surface area contributed by atoms with Gasteiger partial charge in [0.05, 0.1) is 10.6 Å². The minimum atomic E-state index is -0.516. The Morgan fingerprint density at radius 1 is 1.25 bits per heavy atom. The summed E-state index contributed by atoms with van der Waals surface area (Å²) >= 11 is 5.70. The first-order valence-corrected chi connectivity index (χ1v) is 7.18. The second-order valence-corrected chi connectivity index (χ2v) is 5.23. The largest absolute Gasteiger partial charge is 0.360 e. The van der Waals surface area contributed by atoms with Crippen molar-refractivity contribution in [1.82, 2.24) is 15.1 Å². The Bertz CT molecular complexity index is 882. The van der Waals surface area contributed by atoms with E-state index in [-0.39, 0.29) is 16.5 Å². The lowest BCUT2D eigenvalue weighted by molar-refractivity contribution is 0.102. The number of carbonyl (C=O) groups excluding carboxylic acids is 1. The number of halogens is 2. The van der Waals surface area contributed by atoms with Crippen LogP contribution in [0.2, 0.25) is 5.02 Å². The molecule has 1 amide bonds. The third-order valence-corrected chi connectivity index (χ3v) is 3.25. The van der Waals surface area contributed by atoms with E-state index in [9.17, 15) is 9.18 Å². The van der Waals surface area contributed by atoms with Crippen molar-refractivity contribution in [1.29, 1.82) is 0 Å². The first-order chi connectivity index (χ1) is 11.5. The van der Waals surface area contributed by atoms with Crippen LogP contribution in [0.3, 0.4) is 0 Å². The molecule has 7 nitrogen and oxygen atoms in total. The number of aromatic nitrogens is 3. The zero-order chi connectivity index (χ0) is 17.1. The van der Waals surface area contributed by atoms with E-state index in [4.69, 9.17) is 16.1 Å². The molecule has 0 aliphatic heterocycles. The maximum absolute atomic E-state index is 13.1. The fourth-order valence-corrected chi connectivity index (χ4v) is 2.01. The normalized spacial score (nSPS) is 10.5. The monoisotopic (exact) mass is 347 g/mol. The number of nitrogens with zero attached hydrogens (tertiary/aromatic N) is 3. The summed E-state index contributed by atoms with van der Waals surface area (Å²) in [6, 6.07) is 5.73. The quantitative estimate of drug-likeness (QED) is 0.749. The van der Waals surface area contributed by atoms with Crippen molar-refractivity contribution < 1.29 is 13.7 Å². The van der Waals surface area contributed by atoms with Gasteiger partial charge in [0.2, 0.25) is 5.95 Å². The first kappa shape index (κ1) is 15.9. The number of aryl methyl sites for hydroxylation is 1. The average molecular weight is 348 g/mol. The van der Waals surface area contributed by atoms with Crippen LogP contribution in [-0.2, 0) is 0 Å². The minimum absolute atomic E-state index is 0.0149. The van der Waals surface area contributed by atoms with Gasteiger partial charge in [-0.05, 0) is 25.1 Å². The molecule has 9 heteroatoms. The molecule has 3 aromatic rings. The summed E-state index contributed by atoms with van der Waals surface area (Å²) in [4.78, 5) is 20.1. The van der Waals surface area contributed by atoms with Gasteiger partial charge >= 0.3 is 0 Å². The van der Waals surface area contributed by atoms with E-state index in [1.165, 1.54) is 30.6 Å². The van der Waals surface area contributed by atoms with Crippen LogP contribution in [-0.4, -0.2) is 21.0 Å². The van der Waals surface area contributed by atoms with Crippen LogP contribution in [0.4, 0.5) is 21.8 Å². The maximum atomic E-state index is 13.1. The van der Waals surface area contributed by atoms with E-state index in [2.05, 4.69) is 25.8 Å². The van der Waals surface area contributed by atoms with Crippen molar-refractivity contribution in [3.8, 4) is 0 Å². The van der Waals surface area contributed by atoms with Crippen molar-refractivity contribution in [3.05, 3.63) is 58.8 Å². The van der Waals surface area contributed by atoms with Crippen LogP contribution in [0, 0.1) is 12.7 Å². The third-order valence-electron chi connectivity index (χ3n) is 2.96. The fraction of sp³-hybridized carbons (Fsp3) is 0.0667. The summed E-state index contributed by atoms with van der Waals surface area (Å²) in [6.45, 7) is 1.72. The van der Waals surface area contributed by atoms with Gasteiger partial charge in [0, 0.05) is 24.1 Å². The number of rotatable bonds is 4. The lowest BCUT2D eigenvalue weighted by Gasteiger charge is -2.06. The van der Waals surface area contributed by atoms with Crippen LogP contribution in [0.1, 0.15) is 16.1 Å². The Labute approximate surface area is 140 Å². The second-order valence-electron chi connectivity index (χ2n) is 4.83. The number of carbonyl (C=O) groups is 1. The molecule has 0 radical (unpaired) electrons. The van der Waals surface area contributed by atoms with Crippen molar-refractivity contribution in [3.63, 3.8) is 0 Å². The molecule has 2 N–H and O–H groups in total. The fourth-order valence-electron chi connectivity index (χ4n) is 1.83. The van der Waals surface area contributed by atoms with Gasteiger partial charge in [-0.15, -0.1) is 0 Å². The van der Waals surface area contributed by atoms with Gasteiger partial charge in [0.25, 0.3) is 5.91 Å². The zero-order valence-corrected chi connectivity index (χ0v) is 13.1. The molecule has 0 saturated carbocycles. The smallest absolute Gasteiger partial charge is 0.260 e. The molecule has 0 saturated heterocycles. The molecule has 3 rings (SSSR count). The third kappa shape index (κ3) is 3.66. The van der Waals surface area contributed by atoms with Crippen molar-refractivity contribution >= 4 is 35.0 Å². The predicted octanol–water partition coefficient (Wildman–Crippen LogP) is 3.56. The molecule has 0 unspecified atom stereocenters. The maximum Gasteiger partial charge on any atom is 0.260 e. The van der Waals surface area contributed by atoms with E-state index >= 15 is 0 Å². The summed E-state index contributed by atoms with van der Waals surface area (Å²) < 4.78 is 18.0. The Kier molecular flexibility index (Phi) is 4.39. The summed E-state index contributed by atoms with van der Waals surface area (Å²) in [5.74, 6) is 0.198.